The van der Waals surface area contributed by atoms with Gasteiger partial charge in [-0.05, 0) is 31.0 Å². The Bertz CT molecular complexity index is 436. The Morgan fingerprint density at radius 1 is 1.42 bits per heavy atom. The molecule has 1 aromatic rings. The van der Waals surface area contributed by atoms with Gasteiger partial charge in [-0.25, -0.2) is 0 Å². The van der Waals surface area contributed by atoms with Gasteiger partial charge in [-0.15, -0.1) is 0 Å². The van der Waals surface area contributed by atoms with E-state index in [0.717, 1.165) is 12.8 Å². The van der Waals surface area contributed by atoms with Crippen molar-refractivity contribution in [2.75, 3.05) is 12.4 Å². The van der Waals surface area contributed by atoms with E-state index in [1.165, 1.54) is 13.2 Å². The van der Waals surface area contributed by atoms with E-state index in [1.807, 2.05) is 13.8 Å². The van der Waals surface area contributed by atoms with Crippen LogP contribution in [-0.4, -0.2) is 29.0 Å². The zero-order valence-corrected chi connectivity index (χ0v) is 13.1. The molecule has 0 heterocycles. The van der Waals surface area contributed by atoms with Crippen molar-refractivity contribution in [1.29, 1.82) is 0 Å². The molecule has 0 aromatic heterocycles. The molecule has 1 amide bonds. The number of carbonyl (C=O) groups excluding carboxylic acids is 1. The number of phenolic OH excluding ortho intramolecular Hbond substituents is 1. The molecule has 0 aliphatic heterocycles. The van der Waals surface area contributed by atoms with Crippen molar-refractivity contribution in [3.8, 4) is 11.5 Å². The highest BCUT2D eigenvalue weighted by molar-refractivity contribution is 9.09. The van der Waals surface area contributed by atoms with Gasteiger partial charge >= 0.3 is 0 Å². The van der Waals surface area contributed by atoms with Gasteiger partial charge in [-0.3, -0.25) is 4.79 Å². The molecule has 0 saturated carbocycles. The van der Waals surface area contributed by atoms with Crippen molar-refractivity contribution < 1.29 is 14.6 Å². The van der Waals surface area contributed by atoms with Crippen LogP contribution in [0.25, 0.3) is 0 Å². The summed E-state index contributed by atoms with van der Waals surface area (Å²) in [6, 6.07) is 4.63. The molecule has 0 aliphatic carbocycles. The smallest absolute Gasteiger partial charge is 0.251 e. The summed E-state index contributed by atoms with van der Waals surface area (Å²) in [5, 5.41) is 13.4. The Hall–Kier alpha value is -1.23. The molecule has 0 radical (unpaired) electrons. The van der Waals surface area contributed by atoms with E-state index < -0.39 is 0 Å². The van der Waals surface area contributed by atoms with E-state index in [9.17, 15) is 9.90 Å². The Balaban J connectivity index is 2.92. The van der Waals surface area contributed by atoms with Crippen LogP contribution in [0.4, 0.5) is 0 Å². The lowest BCUT2D eigenvalue weighted by molar-refractivity contribution is 0.0903. The van der Waals surface area contributed by atoms with Crippen molar-refractivity contribution in [1.82, 2.24) is 5.32 Å². The maximum Gasteiger partial charge on any atom is 0.251 e. The summed E-state index contributed by atoms with van der Waals surface area (Å²) in [6.07, 6.45) is 1.67. The van der Waals surface area contributed by atoms with Gasteiger partial charge < -0.3 is 15.2 Å². The molecule has 1 aromatic carbocycles. The lowest BCUT2D eigenvalue weighted by atomic mass is 9.95. The SMILES string of the molecule is CCC(CC)(CBr)NC(=O)c1ccc(OC)c(O)c1. The molecule has 0 fully saturated rings. The first-order valence-corrected chi connectivity index (χ1v) is 7.39. The Morgan fingerprint density at radius 2 is 2.05 bits per heavy atom. The van der Waals surface area contributed by atoms with Gasteiger partial charge in [-0.2, -0.15) is 0 Å². The zero-order valence-electron chi connectivity index (χ0n) is 11.5. The second kappa shape index (κ2) is 6.80. The summed E-state index contributed by atoms with van der Waals surface area (Å²) in [4.78, 5) is 12.2. The fraction of sp³-hybridized carbons (Fsp3) is 0.500. The van der Waals surface area contributed by atoms with Crippen molar-refractivity contribution in [3.63, 3.8) is 0 Å². The van der Waals surface area contributed by atoms with Crippen LogP contribution >= 0.6 is 15.9 Å². The second-order valence-electron chi connectivity index (χ2n) is 4.46. The summed E-state index contributed by atoms with van der Waals surface area (Å²) in [5.41, 5.74) is 0.164. The normalized spacial score (nSPS) is 11.2. The molecule has 4 nitrogen and oxygen atoms in total. The molecule has 0 unspecified atom stereocenters. The first kappa shape index (κ1) is 15.8. The van der Waals surface area contributed by atoms with Gasteiger partial charge in [0.1, 0.15) is 0 Å². The quantitative estimate of drug-likeness (QED) is 0.788. The number of methoxy groups -OCH3 is 1. The average molecular weight is 330 g/mol. The number of halogens is 1. The number of hydrogen-bond donors (Lipinski definition) is 2. The molecule has 0 spiro atoms. The molecular formula is C14H20BrNO3. The second-order valence-corrected chi connectivity index (χ2v) is 5.02. The van der Waals surface area contributed by atoms with Gasteiger partial charge in [-0.1, -0.05) is 29.8 Å². The van der Waals surface area contributed by atoms with Crippen LogP contribution in [0.2, 0.25) is 0 Å². The number of amides is 1. The zero-order chi connectivity index (χ0) is 14.5. The van der Waals surface area contributed by atoms with Crippen molar-refractivity contribution in [2.45, 2.75) is 32.2 Å². The lowest BCUT2D eigenvalue weighted by Gasteiger charge is -2.31. The third-order valence-corrected chi connectivity index (χ3v) is 4.50. The third kappa shape index (κ3) is 3.62. The molecule has 0 bridgehead atoms. The highest BCUT2D eigenvalue weighted by atomic mass is 79.9. The monoisotopic (exact) mass is 329 g/mol. The van der Waals surface area contributed by atoms with Gasteiger partial charge in [0.15, 0.2) is 11.5 Å². The number of aromatic hydroxyl groups is 1. The highest BCUT2D eigenvalue weighted by Crippen LogP contribution is 2.27. The molecular weight excluding hydrogens is 310 g/mol. The van der Waals surface area contributed by atoms with Gasteiger partial charge in [0.05, 0.1) is 7.11 Å². The standard InChI is InChI=1S/C14H20BrNO3/c1-4-14(5-2,9-15)16-13(18)10-6-7-12(19-3)11(17)8-10/h6-8,17H,4-5,9H2,1-3H3,(H,16,18). The number of phenols is 1. The molecule has 19 heavy (non-hydrogen) atoms. The van der Waals surface area contributed by atoms with Crippen LogP contribution in [0.15, 0.2) is 18.2 Å². The number of ether oxygens (including phenoxy) is 1. The van der Waals surface area contributed by atoms with Crippen LogP contribution in [0, 0.1) is 0 Å². The molecule has 0 saturated heterocycles. The fourth-order valence-corrected chi connectivity index (χ4v) is 2.73. The van der Waals surface area contributed by atoms with E-state index in [0.29, 0.717) is 16.6 Å². The number of carbonyl (C=O) groups is 1. The minimum atomic E-state index is -0.257. The summed E-state index contributed by atoms with van der Waals surface area (Å²) in [6.45, 7) is 4.08. The predicted octanol–water partition coefficient (Wildman–Crippen LogP) is 3.08. The van der Waals surface area contributed by atoms with Crippen LogP contribution in [0.1, 0.15) is 37.0 Å². The lowest BCUT2D eigenvalue weighted by Crippen LogP contribution is -2.49. The number of alkyl halides is 1. The molecule has 2 N–H and O–H groups in total. The Kier molecular flexibility index (Phi) is 5.66. The van der Waals surface area contributed by atoms with Crippen molar-refractivity contribution in [3.05, 3.63) is 23.8 Å². The summed E-state index contributed by atoms with van der Waals surface area (Å²) in [5.74, 6) is 0.128. The molecule has 0 atom stereocenters. The van der Waals surface area contributed by atoms with Gasteiger partial charge in [0, 0.05) is 16.4 Å². The van der Waals surface area contributed by atoms with Crippen LogP contribution in [0.5, 0.6) is 11.5 Å². The minimum absolute atomic E-state index is 0.0346. The molecule has 106 valence electrons. The largest absolute Gasteiger partial charge is 0.504 e. The first-order valence-electron chi connectivity index (χ1n) is 6.27. The van der Waals surface area contributed by atoms with Gasteiger partial charge in [0.25, 0.3) is 5.91 Å². The number of benzene rings is 1. The first-order chi connectivity index (χ1) is 9.01. The topological polar surface area (TPSA) is 58.6 Å². The van der Waals surface area contributed by atoms with E-state index in [1.54, 1.807) is 12.1 Å². The third-order valence-electron chi connectivity index (χ3n) is 3.43. The summed E-state index contributed by atoms with van der Waals surface area (Å²) in [7, 11) is 1.47. The van der Waals surface area contributed by atoms with Crippen LogP contribution in [-0.2, 0) is 0 Å². The summed E-state index contributed by atoms with van der Waals surface area (Å²) < 4.78 is 4.95. The van der Waals surface area contributed by atoms with Crippen LogP contribution in [0.3, 0.4) is 0 Å². The maximum atomic E-state index is 12.2. The number of hydrogen-bond acceptors (Lipinski definition) is 3. The number of nitrogens with one attached hydrogen (secondary N) is 1. The molecule has 0 aliphatic rings. The maximum absolute atomic E-state index is 12.2. The van der Waals surface area contributed by atoms with E-state index in [-0.39, 0.29) is 17.2 Å². The van der Waals surface area contributed by atoms with Crippen molar-refractivity contribution >= 4 is 21.8 Å². The van der Waals surface area contributed by atoms with E-state index in [4.69, 9.17) is 4.74 Å². The van der Waals surface area contributed by atoms with Gasteiger partial charge in [0.2, 0.25) is 0 Å². The minimum Gasteiger partial charge on any atom is -0.504 e. The van der Waals surface area contributed by atoms with E-state index >= 15 is 0 Å². The predicted molar refractivity (Wildman–Crippen MR) is 79.2 cm³/mol. The Morgan fingerprint density at radius 3 is 2.47 bits per heavy atom. The highest BCUT2D eigenvalue weighted by Gasteiger charge is 2.27. The fourth-order valence-electron chi connectivity index (χ4n) is 1.79. The van der Waals surface area contributed by atoms with Crippen molar-refractivity contribution in [2.24, 2.45) is 0 Å². The van der Waals surface area contributed by atoms with Crippen LogP contribution < -0.4 is 10.1 Å². The summed E-state index contributed by atoms with van der Waals surface area (Å²) >= 11 is 3.45. The number of rotatable bonds is 6. The molecule has 5 heteroatoms. The van der Waals surface area contributed by atoms with E-state index in [2.05, 4.69) is 21.2 Å². The average Bonchev–Trinajstić information content (AvgIpc) is 2.44. The molecule has 1 rings (SSSR count). The Labute approximate surface area is 122 Å².